The largest absolute Gasteiger partial charge is 0.416 e. The first-order valence-electron chi connectivity index (χ1n) is 5.67. The Labute approximate surface area is 110 Å². The van der Waals surface area contributed by atoms with Crippen molar-refractivity contribution in [2.24, 2.45) is 0 Å². The zero-order chi connectivity index (χ0) is 13.5. The standard InChI is InChI=1S/C11H10F3N3OS/c12-11(13,14)8-5-17(2-3-18-8)10-9-7(1-4-19-9)15-6-16-10/h1,4,6,8H,2-3,5H2/t8-/m0/s1. The molecule has 1 aliphatic heterocycles. The monoisotopic (exact) mass is 289 g/mol. The Kier molecular flexibility index (Phi) is 3.06. The van der Waals surface area contributed by atoms with E-state index in [9.17, 15) is 13.2 Å². The van der Waals surface area contributed by atoms with Crippen LogP contribution >= 0.6 is 11.3 Å². The molecule has 102 valence electrons. The number of aromatic nitrogens is 2. The SMILES string of the molecule is FC(F)(F)[C@@H]1CN(c2ncnc3ccsc23)CCO1. The van der Waals surface area contributed by atoms with Crippen molar-refractivity contribution < 1.29 is 17.9 Å². The Bertz CT molecular complexity index is 586. The lowest BCUT2D eigenvalue weighted by atomic mass is 10.2. The van der Waals surface area contributed by atoms with E-state index in [0.29, 0.717) is 12.4 Å². The maximum atomic E-state index is 12.7. The third kappa shape index (κ3) is 2.37. The topological polar surface area (TPSA) is 38.2 Å². The van der Waals surface area contributed by atoms with Gasteiger partial charge in [0.2, 0.25) is 0 Å². The molecule has 3 rings (SSSR count). The molecule has 0 amide bonds. The highest BCUT2D eigenvalue weighted by atomic mass is 32.1. The fraction of sp³-hybridized carbons (Fsp3) is 0.455. The third-order valence-corrected chi connectivity index (χ3v) is 3.86. The van der Waals surface area contributed by atoms with Crippen LogP contribution in [0.5, 0.6) is 0 Å². The fourth-order valence-corrected chi connectivity index (χ4v) is 2.90. The van der Waals surface area contributed by atoms with Crippen molar-refractivity contribution in [3.8, 4) is 0 Å². The summed E-state index contributed by atoms with van der Waals surface area (Å²) in [6.07, 6.45) is -4.73. The number of hydrogen-bond acceptors (Lipinski definition) is 5. The van der Waals surface area contributed by atoms with E-state index in [1.807, 2.05) is 11.4 Å². The van der Waals surface area contributed by atoms with E-state index in [1.165, 1.54) is 17.7 Å². The number of morpholine rings is 1. The van der Waals surface area contributed by atoms with Gasteiger partial charge in [-0.25, -0.2) is 9.97 Å². The van der Waals surface area contributed by atoms with Crippen molar-refractivity contribution in [3.05, 3.63) is 17.8 Å². The highest BCUT2D eigenvalue weighted by Crippen LogP contribution is 2.32. The second kappa shape index (κ2) is 4.61. The molecule has 0 aromatic carbocycles. The maximum Gasteiger partial charge on any atom is 0.416 e. The molecule has 8 heteroatoms. The molecule has 2 aromatic heterocycles. The van der Waals surface area contributed by atoms with Crippen molar-refractivity contribution in [1.29, 1.82) is 0 Å². The van der Waals surface area contributed by atoms with E-state index < -0.39 is 12.3 Å². The molecule has 0 bridgehead atoms. The van der Waals surface area contributed by atoms with Crippen LogP contribution in [0.3, 0.4) is 0 Å². The van der Waals surface area contributed by atoms with Crippen molar-refractivity contribution >= 4 is 27.4 Å². The number of alkyl halides is 3. The minimum Gasteiger partial charge on any atom is -0.365 e. The van der Waals surface area contributed by atoms with Gasteiger partial charge in [-0.15, -0.1) is 11.3 Å². The highest BCUT2D eigenvalue weighted by molar-refractivity contribution is 7.17. The van der Waals surface area contributed by atoms with E-state index >= 15 is 0 Å². The number of halogens is 3. The van der Waals surface area contributed by atoms with Gasteiger partial charge in [0.25, 0.3) is 0 Å². The number of nitrogens with zero attached hydrogens (tertiary/aromatic N) is 3. The Morgan fingerprint density at radius 2 is 2.21 bits per heavy atom. The number of hydrogen-bond donors (Lipinski definition) is 0. The Balaban J connectivity index is 1.91. The van der Waals surface area contributed by atoms with E-state index in [1.54, 1.807) is 4.90 Å². The van der Waals surface area contributed by atoms with Gasteiger partial charge < -0.3 is 9.64 Å². The highest BCUT2D eigenvalue weighted by Gasteiger charge is 2.43. The van der Waals surface area contributed by atoms with Gasteiger partial charge >= 0.3 is 6.18 Å². The molecule has 0 saturated carbocycles. The minimum absolute atomic E-state index is 0.0427. The third-order valence-electron chi connectivity index (χ3n) is 2.96. The summed E-state index contributed by atoms with van der Waals surface area (Å²) >= 11 is 1.43. The molecule has 1 fully saturated rings. The van der Waals surface area contributed by atoms with E-state index in [0.717, 1.165) is 10.2 Å². The average Bonchev–Trinajstić information content (AvgIpc) is 2.86. The molecule has 0 radical (unpaired) electrons. The van der Waals surface area contributed by atoms with Crippen LogP contribution in [0, 0.1) is 0 Å². The Morgan fingerprint density at radius 1 is 1.37 bits per heavy atom. The summed E-state index contributed by atoms with van der Waals surface area (Å²) in [5, 5.41) is 1.85. The zero-order valence-corrected chi connectivity index (χ0v) is 10.5. The lowest BCUT2D eigenvalue weighted by Gasteiger charge is -2.34. The van der Waals surface area contributed by atoms with Crippen LogP contribution in [0.25, 0.3) is 10.2 Å². The van der Waals surface area contributed by atoms with Gasteiger partial charge in [0.1, 0.15) is 12.1 Å². The number of rotatable bonds is 1. The van der Waals surface area contributed by atoms with Gasteiger partial charge in [0.05, 0.1) is 23.4 Å². The molecule has 2 aromatic rings. The van der Waals surface area contributed by atoms with Crippen molar-refractivity contribution in [2.75, 3.05) is 24.6 Å². The summed E-state index contributed by atoms with van der Waals surface area (Å²) in [5.74, 6) is 0.553. The zero-order valence-electron chi connectivity index (χ0n) is 9.72. The van der Waals surface area contributed by atoms with Gasteiger partial charge in [0, 0.05) is 6.54 Å². The average molecular weight is 289 g/mol. The molecule has 0 unspecified atom stereocenters. The molecule has 1 atom stereocenters. The normalized spacial score (nSPS) is 21.0. The molecule has 0 spiro atoms. The van der Waals surface area contributed by atoms with E-state index in [2.05, 4.69) is 9.97 Å². The Morgan fingerprint density at radius 3 is 3.00 bits per heavy atom. The molecular formula is C11H10F3N3OS. The van der Waals surface area contributed by atoms with Crippen LogP contribution in [0.1, 0.15) is 0 Å². The first kappa shape index (κ1) is 12.6. The lowest BCUT2D eigenvalue weighted by molar-refractivity contribution is -0.221. The maximum absolute atomic E-state index is 12.7. The summed E-state index contributed by atoms with van der Waals surface area (Å²) in [6.45, 7) is 0.213. The van der Waals surface area contributed by atoms with Gasteiger partial charge in [-0.3, -0.25) is 0 Å². The first-order chi connectivity index (χ1) is 9.05. The predicted octanol–water partition coefficient (Wildman–Crippen LogP) is 2.46. The number of fused-ring (bicyclic) bond motifs is 1. The fourth-order valence-electron chi connectivity index (χ4n) is 2.04. The molecular weight excluding hydrogens is 279 g/mol. The van der Waals surface area contributed by atoms with E-state index in [4.69, 9.17) is 4.74 Å². The van der Waals surface area contributed by atoms with Gasteiger partial charge in [-0.2, -0.15) is 13.2 Å². The number of ether oxygens (including phenoxy) is 1. The lowest BCUT2D eigenvalue weighted by Crippen LogP contribution is -2.49. The van der Waals surface area contributed by atoms with Gasteiger partial charge in [-0.1, -0.05) is 0 Å². The van der Waals surface area contributed by atoms with Crippen molar-refractivity contribution in [3.63, 3.8) is 0 Å². The number of anilines is 1. The summed E-state index contributed by atoms with van der Waals surface area (Å²) in [5.41, 5.74) is 0.755. The van der Waals surface area contributed by atoms with E-state index in [-0.39, 0.29) is 13.2 Å². The minimum atomic E-state index is -4.35. The van der Waals surface area contributed by atoms with Crippen molar-refractivity contribution in [2.45, 2.75) is 12.3 Å². The van der Waals surface area contributed by atoms with Gasteiger partial charge in [-0.05, 0) is 11.4 Å². The van der Waals surface area contributed by atoms with Crippen molar-refractivity contribution in [1.82, 2.24) is 9.97 Å². The summed E-state index contributed by atoms with van der Waals surface area (Å²) in [6, 6.07) is 1.83. The molecule has 0 aliphatic carbocycles. The predicted molar refractivity (Wildman–Crippen MR) is 65.4 cm³/mol. The van der Waals surface area contributed by atoms with Crippen LogP contribution in [-0.2, 0) is 4.74 Å². The van der Waals surface area contributed by atoms with Crippen LogP contribution in [-0.4, -0.2) is 41.9 Å². The molecule has 4 nitrogen and oxygen atoms in total. The second-order valence-corrected chi connectivity index (χ2v) is 5.10. The summed E-state index contributed by atoms with van der Waals surface area (Å²) in [7, 11) is 0. The summed E-state index contributed by atoms with van der Waals surface area (Å²) < 4.78 is 43.7. The molecule has 19 heavy (non-hydrogen) atoms. The van der Waals surface area contributed by atoms with Crippen LogP contribution in [0.15, 0.2) is 17.8 Å². The smallest absolute Gasteiger partial charge is 0.365 e. The molecule has 0 N–H and O–H groups in total. The van der Waals surface area contributed by atoms with Crippen LogP contribution in [0.2, 0.25) is 0 Å². The first-order valence-corrected chi connectivity index (χ1v) is 6.55. The van der Waals surface area contributed by atoms with Crippen LogP contribution < -0.4 is 4.90 Å². The molecule has 1 saturated heterocycles. The molecule has 3 heterocycles. The second-order valence-electron chi connectivity index (χ2n) is 4.18. The summed E-state index contributed by atoms with van der Waals surface area (Å²) in [4.78, 5) is 9.82. The number of thiophene rings is 1. The van der Waals surface area contributed by atoms with Gasteiger partial charge in [0.15, 0.2) is 6.10 Å². The Hall–Kier alpha value is -1.41. The quantitative estimate of drug-likeness (QED) is 0.808. The van der Waals surface area contributed by atoms with Crippen LogP contribution in [0.4, 0.5) is 19.0 Å². The molecule has 1 aliphatic rings.